The Kier molecular flexibility index (Phi) is 8.37. The summed E-state index contributed by atoms with van der Waals surface area (Å²) < 4.78 is 4.87. The van der Waals surface area contributed by atoms with Crippen molar-refractivity contribution in [3.8, 4) is 0 Å². The van der Waals surface area contributed by atoms with Crippen molar-refractivity contribution < 1.29 is 14.3 Å². The molecule has 21 heavy (non-hydrogen) atoms. The highest BCUT2D eigenvalue weighted by Crippen LogP contribution is 2.16. The van der Waals surface area contributed by atoms with Crippen molar-refractivity contribution in [3.63, 3.8) is 0 Å². The first-order valence-electron chi connectivity index (χ1n) is 6.99. The second-order valence-corrected chi connectivity index (χ2v) is 6.54. The molecular formula is C14H22N2O3S2. The van der Waals surface area contributed by atoms with Crippen LogP contribution in [0.15, 0.2) is 5.38 Å². The zero-order chi connectivity index (χ0) is 15.7. The van der Waals surface area contributed by atoms with Crippen LogP contribution in [0.4, 0.5) is 0 Å². The lowest BCUT2D eigenvalue weighted by Crippen LogP contribution is -2.36. The monoisotopic (exact) mass is 330 g/mol. The third kappa shape index (κ3) is 6.95. The van der Waals surface area contributed by atoms with Gasteiger partial charge in [-0.1, -0.05) is 0 Å². The van der Waals surface area contributed by atoms with Gasteiger partial charge in [-0.2, -0.15) is 11.8 Å². The van der Waals surface area contributed by atoms with Gasteiger partial charge < -0.3 is 9.64 Å². The molecule has 118 valence electrons. The van der Waals surface area contributed by atoms with Crippen LogP contribution in [-0.4, -0.2) is 47.2 Å². The molecule has 0 fully saturated rings. The number of carbonyl (C=O) groups is 2. The van der Waals surface area contributed by atoms with E-state index >= 15 is 0 Å². The molecule has 0 aliphatic carbocycles. The lowest BCUT2D eigenvalue weighted by molar-refractivity contribution is -0.148. The van der Waals surface area contributed by atoms with Crippen LogP contribution >= 0.6 is 23.1 Å². The van der Waals surface area contributed by atoms with Crippen LogP contribution in [0, 0.1) is 6.92 Å². The first-order chi connectivity index (χ1) is 10.1. The number of carbonyl (C=O) groups excluding carboxylic acids is 2. The van der Waals surface area contributed by atoms with Gasteiger partial charge >= 0.3 is 5.97 Å². The number of ether oxygens (including phenoxy) is 1. The Morgan fingerprint density at radius 1 is 1.43 bits per heavy atom. The first kappa shape index (κ1) is 18.0. The van der Waals surface area contributed by atoms with Crippen LogP contribution in [0.5, 0.6) is 0 Å². The highest BCUT2D eigenvalue weighted by molar-refractivity contribution is 7.98. The van der Waals surface area contributed by atoms with Crippen LogP contribution in [0.3, 0.4) is 0 Å². The Morgan fingerprint density at radius 3 is 2.76 bits per heavy atom. The summed E-state index contributed by atoms with van der Waals surface area (Å²) in [7, 11) is 0. The Bertz CT molecular complexity index is 463. The van der Waals surface area contributed by atoms with Crippen LogP contribution in [0.1, 0.15) is 31.0 Å². The van der Waals surface area contributed by atoms with Gasteiger partial charge in [-0.15, -0.1) is 11.3 Å². The topological polar surface area (TPSA) is 59.5 Å². The van der Waals surface area contributed by atoms with Crippen LogP contribution < -0.4 is 0 Å². The summed E-state index contributed by atoms with van der Waals surface area (Å²) in [5, 5.41) is 3.11. The summed E-state index contributed by atoms with van der Waals surface area (Å²) in [5.41, 5.74) is 1.06. The fourth-order valence-electron chi connectivity index (χ4n) is 1.71. The van der Waals surface area contributed by atoms with E-state index in [1.165, 1.54) is 4.90 Å². The van der Waals surface area contributed by atoms with E-state index in [0.29, 0.717) is 19.6 Å². The summed E-state index contributed by atoms with van der Waals surface area (Å²) in [5.74, 6) is 1.20. The number of nitrogens with zero attached hydrogens (tertiary/aromatic N) is 2. The molecule has 0 N–H and O–H groups in total. The molecule has 0 saturated heterocycles. The van der Waals surface area contributed by atoms with E-state index in [2.05, 4.69) is 4.98 Å². The van der Waals surface area contributed by atoms with Crippen molar-refractivity contribution >= 4 is 35.0 Å². The van der Waals surface area contributed by atoms with E-state index in [9.17, 15) is 9.59 Å². The average molecular weight is 330 g/mol. The van der Waals surface area contributed by atoms with Crippen molar-refractivity contribution in [1.82, 2.24) is 9.88 Å². The fraction of sp³-hybridized carbons (Fsp3) is 0.643. The van der Waals surface area contributed by atoms with Gasteiger partial charge in [-0.3, -0.25) is 9.59 Å². The summed E-state index contributed by atoms with van der Waals surface area (Å²) in [6.45, 7) is 6.51. The number of hydrogen-bond donors (Lipinski definition) is 0. The third-order valence-electron chi connectivity index (χ3n) is 2.74. The van der Waals surface area contributed by atoms with E-state index in [4.69, 9.17) is 4.74 Å². The summed E-state index contributed by atoms with van der Waals surface area (Å²) in [4.78, 5) is 29.3. The van der Waals surface area contributed by atoms with Crippen molar-refractivity contribution in [3.05, 3.63) is 16.1 Å². The van der Waals surface area contributed by atoms with Gasteiger partial charge in [0.2, 0.25) is 5.91 Å². The lowest BCUT2D eigenvalue weighted by Gasteiger charge is -2.19. The highest BCUT2D eigenvalue weighted by atomic mass is 32.2. The van der Waals surface area contributed by atoms with Crippen LogP contribution in [0.25, 0.3) is 0 Å². The standard InChI is InChI=1S/C14H22N2O3S2/c1-4-16(8-14(18)19-5-2)13(17)6-7-20-9-12-10-21-11(3)15-12/h10H,4-9H2,1-3H3. The molecule has 0 bridgehead atoms. The number of rotatable bonds is 9. The molecule has 7 heteroatoms. The predicted octanol–water partition coefficient (Wildman–Crippen LogP) is 2.49. The largest absolute Gasteiger partial charge is 0.465 e. The van der Waals surface area contributed by atoms with Gasteiger partial charge in [0.15, 0.2) is 0 Å². The number of aryl methyl sites for hydroxylation is 1. The number of amides is 1. The van der Waals surface area contributed by atoms with Crippen molar-refractivity contribution in [2.75, 3.05) is 25.4 Å². The molecule has 0 aromatic carbocycles. The Labute approximate surface area is 134 Å². The maximum absolute atomic E-state index is 12.0. The van der Waals surface area contributed by atoms with Crippen molar-refractivity contribution in [2.45, 2.75) is 32.9 Å². The number of likely N-dealkylation sites (N-methyl/N-ethyl adjacent to an activating group) is 1. The molecule has 0 aliphatic rings. The molecule has 5 nitrogen and oxygen atoms in total. The van der Waals surface area contributed by atoms with Gasteiger partial charge in [-0.05, 0) is 20.8 Å². The molecule has 0 aliphatic heterocycles. The molecular weight excluding hydrogens is 308 g/mol. The number of thiazole rings is 1. The minimum absolute atomic E-state index is 0.00693. The normalized spacial score (nSPS) is 10.4. The van der Waals surface area contributed by atoms with Gasteiger partial charge in [-0.25, -0.2) is 4.98 Å². The number of thioether (sulfide) groups is 1. The second kappa shape index (κ2) is 9.78. The quantitative estimate of drug-likeness (QED) is 0.514. The van der Waals surface area contributed by atoms with E-state index in [1.54, 1.807) is 30.0 Å². The lowest BCUT2D eigenvalue weighted by atomic mass is 10.4. The molecule has 1 heterocycles. The van der Waals surface area contributed by atoms with E-state index in [1.807, 2.05) is 19.2 Å². The zero-order valence-corrected chi connectivity index (χ0v) is 14.4. The molecule has 0 spiro atoms. The molecule has 0 atom stereocenters. The van der Waals surface area contributed by atoms with Crippen LogP contribution in [-0.2, 0) is 20.1 Å². The molecule has 0 radical (unpaired) electrons. The minimum atomic E-state index is -0.349. The number of esters is 1. The zero-order valence-electron chi connectivity index (χ0n) is 12.8. The third-order valence-corrected chi connectivity index (χ3v) is 4.55. The van der Waals surface area contributed by atoms with Crippen molar-refractivity contribution in [2.24, 2.45) is 0 Å². The smallest absolute Gasteiger partial charge is 0.325 e. The van der Waals surface area contributed by atoms with E-state index < -0.39 is 0 Å². The maximum atomic E-state index is 12.0. The van der Waals surface area contributed by atoms with Gasteiger partial charge in [0.05, 0.1) is 17.3 Å². The van der Waals surface area contributed by atoms with E-state index in [-0.39, 0.29) is 18.4 Å². The predicted molar refractivity (Wildman–Crippen MR) is 86.5 cm³/mol. The average Bonchev–Trinajstić information content (AvgIpc) is 2.86. The first-order valence-corrected chi connectivity index (χ1v) is 9.02. The fourth-order valence-corrected chi connectivity index (χ4v) is 3.25. The molecule has 1 amide bonds. The molecule has 1 aromatic rings. The highest BCUT2D eigenvalue weighted by Gasteiger charge is 2.15. The van der Waals surface area contributed by atoms with Gasteiger partial charge in [0.25, 0.3) is 0 Å². The van der Waals surface area contributed by atoms with Gasteiger partial charge in [0, 0.05) is 29.9 Å². The van der Waals surface area contributed by atoms with Crippen LogP contribution in [0.2, 0.25) is 0 Å². The Balaban J connectivity index is 2.25. The van der Waals surface area contributed by atoms with Crippen molar-refractivity contribution in [1.29, 1.82) is 0 Å². The summed E-state index contributed by atoms with van der Waals surface area (Å²) in [6.07, 6.45) is 0.432. The summed E-state index contributed by atoms with van der Waals surface area (Å²) in [6, 6.07) is 0. The Morgan fingerprint density at radius 2 is 2.19 bits per heavy atom. The van der Waals surface area contributed by atoms with E-state index in [0.717, 1.165) is 22.2 Å². The second-order valence-electron chi connectivity index (χ2n) is 4.37. The molecule has 1 rings (SSSR count). The summed E-state index contributed by atoms with van der Waals surface area (Å²) >= 11 is 3.32. The Hall–Kier alpha value is -1.08. The molecule has 1 aromatic heterocycles. The number of hydrogen-bond acceptors (Lipinski definition) is 6. The minimum Gasteiger partial charge on any atom is -0.465 e. The SMILES string of the molecule is CCOC(=O)CN(CC)C(=O)CCSCc1csc(C)n1. The molecule has 0 unspecified atom stereocenters. The number of aromatic nitrogens is 1. The van der Waals surface area contributed by atoms with Gasteiger partial charge in [0.1, 0.15) is 6.54 Å². The maximum Gasteiger partial charge on any atom is 0.325 e. The molecule has 0 saturated carbocycles.